The highest BCUT2D eigenvalue weighted by Crippen LogP contribution is 2.50. The van der Waals surface area contributed by atoms with E-state index in [1.165, 1.54) is 28.6 Å². The van der Waals surface area contributed by atoms with E-state index in [0.717, 1.165) is 0 Å². The molecule has 0 N–H and O–H groups in total. The Hall–Kier alpha value is -1.55. The Morgan fingerprint density at radius 1 is 1.36 bits per heavy atom. The van der Waals surface area contributed by atoms with E-state index < -0.39 is 34.5 Å². The molecule has 1 aromatic carbocycles. The van der Waals surface area contributed by atoms with Crippen LogP contribution in [0.4, 0.5) is 5.69 Å². The average Bonchev–Trinajstić information content (AvgIpc) is 3.17. The lowest BCUT2D eigenvalue weighted by Gasteiger charge is -2.36. The zero-order valence-corrected chi connectivity index (χ0v) is 19.2. The second kappa shape index (κ2) is 7.36. The highest BCUT2D eigenvalue weighted by molar-refractivity contribution is 7.89. The van der Waals surface area contributed by atoms with Crippen molar-refractivity contribution in [3.8, 4) is 0 Å². The number of nitro benzene ring substituents is 1. The monoisotopic (exact) mass is 426 g/mol. The van der Waals surface area contributed by atoms with Crippen molar-refractivity contribution in [2.45, 2.75) is 68.7 Å². The van der Waals surface area contributed by atoms with E-state index in [1.807, 2.05) is 6.92 Å². The van der Waals surface area contributed by atoms with Gasteiger partial charge in [-0.15, -0.1) is 6.58 Å². The van der Waals surface area contributed by atoms with Gasteiger partial charge < -0.3 is 4.43 Å². The van der Waals surface area contributed by atoms with Gasteiger partial charge in [0.15, 0.2) is 13.2 Å². The quantitative estimate of drug-likeness (QED) is 0.203. The van der Waals surface area contributed by atoms with Crippen LogP contribution >= 0.6 is 0 Å². The Labute approximate surface area is 168 Å². The van der Waals surface area contributed by atoms with Crippen molar-refractivity contribution >= 4 is 24.0 Å². The van der Waals surface area contributed by atoms with Gasteiger partial charge in [-0.25, -0.2) is 8.42 Å². The molecule has 0 amide bonds. The summed E-state index contributed by atoms with van der Waals surface area (Å²) in [5, 5.41) is 11.3. The predicted molar refractivity (Wildman–Crippen MR) is 112 cm³/mol. The lowest BCUT2D eigenvalue weighted by atomic mass is 10.0. The number of nitrogens with zero attached hydrogens (tertiary/aromatic N) is 2. The Kier molecular flexibility index (Phi) is 5.98. The molecule has 0 radical (unpaired) electrons. The molecule has 0 aromatic heterocycles. The minimum Gasteiger partial charge on any atom is -0.415 e. The third kappa shape index (κ3) is 3.93. The fourth-order valence-corrected chi connectivity index (χ4v) is 6.31. The highest BCUT2D eigenvalue weighted by Gasteiger charge is 2.65. The fraction of sp³-hybridized carbons (Fsp3) is 0.579. The first-order chi connectivity index (χ1) is 12.7. The zero-order valence-electron chi connectivity index (χ0n) is 17.4. The second-order valence-electron chi connectivity index (χ2n) is 8.96. The van der Waals surface area contributed by atoms with Crippen molar-refractivity contribution in [3.63, 3.8) is 0 Å². The molecule has 28 heavy (non-hydrogen) atoms. The van der Waals surface area contributed by atoms with Gasteiger partial charge in [0.25, 0.3) is 15.7 Å². The van der Waals surface area contributed by atoms with E-state index in [0.29, 0.717) is 6.42 Å². The molecule has 0 aliphatic carbocycles. The van der Waals surface area contributed by atoms with Crippen LogP contribution < -0.4 is 0 Å². The van der Waals surface area contributed by atoms with E-state index >= 15 is 0 Å². The first-order valence-corrected chi connectivity index (χ1v) is 13.6. The number of hydrogen-bond donors (Lipinski definition) is 0. The molecule has 1 aliphatic rings. The minimum atomic E-state index is -4.04. The number of sulfonamides is 1. The second-order valence-corrected chi connectivity index (χ2v) is 15.6. The summed E-state index contributed by atoms with van der Waals surface area (Å²) in [6, 6.07) is 5.06. The third-order valence-electron chi connectivity index (χ3n) is 6.00. The summed E-state index contributed by atoms with van der Waals surface area (Å²) < 4.78 is 34.2. The topological polar surface area (TPSA) is 89.5 Å². The Morgan fingerprint density at radius 2 is 1.93 bits per heavy atom. The van der Waals surface area contributed by atoms with Gasteiger partial charge in [-0.2, -0.15) is 4.31 Å². The molecule has 2 rings (SSSR count). The van der Waals surface area contributed by atoms with Crippen molar-refractivity contribution < 1.29 is 17.8 Å². The summed E-state index contributed by atoms with van der Waals surface area (Å²) in [6.45, 7) is 16.4. The zero-order chi connectivity index (χ0) is 21.5. The van der Waals surface area contributed by atoms with Crippen LogP contribution in [0.1, 0.15) is 34.1 Å². The summed E-state index contributed by atoms with van der Waals surface area (Å²) in [7, 11) is -6.11. The van der Waals surface area contributed by atoms with Gasteiger partial charge in [0.2, 0.25) is 0 Å². The summed E-state index contributed by atoms with van der Waals surface area (Å²) in [4.78, 5) is 10.4. The third-order valence-corrected chi connectivity index (χ3v) is 12.6. The maximum absolute atomic E-state index is 13.3. The van der Waals surface area contributed by atoms with Crippen LogP contribution in [-0.4, -0.2) is 44.2 Å². The van der Waals surface area contributed by atoms with E-state index in [4.69, 9.17) is 4.43 Å². The van der Waals surface area contributed by atoms with Crippen LogP contribution in [-0.2, 0) is 14.4 Å². The molecule has 156 valence electrons. The smallest absolute Gasteiger partial charge is 0.289 e. The van der Waals surface area contributed by atoms with Crippen molar-refractivity contribution in [3.05, 3.63) is 47.0 Å². The molecule has 9 heteroatoms. The first-order valence-electron chi connectivity index (χ1n) is 9.23. The van der Waals surface area contributed by atoms with Gasteiger partial charge in [0.1, 0.15) is 0 Å². The van der Waals surface area contributed by atoms with Gasteiger partial charge in [-0.1, -0.05) is 39.0 Å². The van der Waals surface area contributed by atoms with Gasteiger partial charge in [-0.3, -0.25) is 10.1 Å². The molecule has 7 nitrogen and oxygen atoms in total. The lowest BCUT2D eigenvalue weighted by Crippen LogP contribution is -2.42. The molecule has 1 unspecified atom stereocenters. The first kappa shape index (κ1) is 22.7. The van der Waals surface area contributed by atoms with Crippen LogP contribution in [0.2, 0.25) is 18.1 Å². The van der Waals surface area contributed by atoms with Crippen LogP contribution in [0.3, 0.4) is 0 Å². The summed E-state index contributed by atoms with van der Waals surface area (Å²) in [6.07, 6.45) is 2.12. The SMILES string of the molecule is C=CC[C@@]1(C)[C@@H](CO[Si](C)(C)C(C)(C)C)N1S(=O)(=O)c1ccccc1[N+](=O)[O-]. The summed E-state index contributed by atoms with van der Waals surface area (Å²) in [5.74, 6) is 0. The molecule has 0 saturated carbocycles. The minimum absolute atomic E-state index is 0.00134. The van der Waals surface area contributed by atoms with Gasteiger partial charge in [-0.05, 0) is 37.5 Å². The van der Waals surface area contributed by atoms with E-state index in [-0.39, 0.29) is 22.6 Å². The van der Waals surface area contributed by atoms with Crippen LogP contribution in [0.5, 0.6) is 0 Å². The Bertz CT molecular complexity index is 879. The molecule has 3 atom stereocenters. The van der Waals surface area contributed by atoms with Crippen molar-refractivity contribution in [1.29, 1.82) is 0 Å². The fourth-order valence-electron chi connectivity index (χ4n) is 3.11. The van der Waals surface area contributed by atoms with E-state index in [1.54, 1.807) is 6.08 Å². The Morgan fingerprint density at radius 3 is 2.43 bits per heavy atom. The van der Waals surface area contributed by atoms with E-state index in [2.05, 4.69) is 40.4 Å². The highest BCUT2D eigenvalue weighted by atomic mass is 32.2. The summed E-state index contributed by atoms with van der Waals surface area (Å²) >= 11 is 0. The number of hydrogen-bond acceptors (Lipinski definition) is 5. The Balaban J connectivity index is 2.38. The normalized spacial score (nSPS) is 25.4. The van der Waals surface area contributed by atoms with Gasteiger partial charge >= 0.3 is 0 Å². The molecule has 1 aromatic rings. The van der Waals surface area contributed by atoms with Crippen molar-refractivity contribution in [2.75, 3.05) is 6.61 Å². The maximum Gasteiger partial charge on any atom is 0.289 e. The number of nitro groups is 1. The molecule has 1 fully saturated rings. The van der Waals surface area contributed by atoms with Crippen LogP contribution in [0.25, 0.3) is 0 Å². The standard InChI is InChI=1S/C19H30N2O5SSi/c1-8-13-19(5)17(14-26-28(6,7)18(2,3)4)20(19)27(24,25)16-12-10-9-11-15(16)21(22)23/h8-12,17H,1,13-14H2,2-7H3/t17-,19+,20?/m1/s1. The van der Waals surface area contributed by atoms with Crippen molar-refractivity contribution in [1.82, 2.24) is 4.31 Å². The summed E-state index contributed by atoms with van der Waals surface area (Å²) in [5.41, 5.74) is -1.12. The largest absolute Gasteiger partial charge is 0.415 e. The molecule has 1 saturated heterocycles. The molecular formula is C19H30N2O5SSi. The number of benzene rings is 1. The molecule has 1 heterocycles. The molecule has 1 aliphatic heterocycles. The maximum atomic E-state index is 13.3. The molecule has 0 bridgehead atoms. The average molecular weight is 427 g/mol. The number of rotatable bonds is 8. The van der Waals surface area contributed by atoms with E-state index in [9.17, 15) is 18.5 Å². The lowest BCUT2D eigenvalue weighted by molar-refractivity contribution is -0.387. The predicted octanol–water partition coefficient (Wildman–Crippen LogP) is 4.32. The van der Waals surface area contributed by atoms with Crippen LogP contribution in [0.15, 0.2) is 41.8 Å². The molecule has 0 spiro atoms. The van der Waals surface area contributed by atoms with Gasteiger partial charge in [0, 0.05) is 6.07 Å². The van der Waals surface area contributed by atoms with Gasteiger partial charge in [0.05, 0.1) is 23.1 Å². The van der Waals surface area contributed by atoms with Crippen LogP contribution in [0, 0.1) is 10.1 Å². The molecular weight excluding hydrogens is 396 g/mol. The number of para-hydroxylation sites is 1. The van der Waals surface area contributed by atoms with Crippen molar-refractivity contribution in [2.24, 2.45) is 0 Å².